The van der Waals surface area contributed by atoms with Crippen LogP contribution in [0.25, 0.3) is 22.4 Å². The third kappa shape index (κ3) is 2.03. The first-order valence-electron chi connectivity index (χ1n) is 6.12. The molecule has 20 heavy (non-hydrogen) atoms. The smallest absolute Gasteiger partial charge is 0.142 e. The van der Waals surface area contributed by atoms with Crippen LogP contribution in [-0.2, 0) is 0 Å². The topological polar surface area (TPSA) is 67.4 Å². The van der Waals surface area contributed by atoms with E-state index in [1.165, 1.54) is 0 Å². The molecule has 0 bridgehead atoms. The monoisotopic (exact) mass is 270 g/mol. The highest BCUT2D eigenvalue weighted by atomic mass is 16.5. The van der Waals surface area contributed by atoms with Gasteiger partial charge in [-0.05, 0) is 24.3 Å². The van der Waals surface area contributed by atoms with Gasteiger partial charge in [-0.2, -0.15) is 0 Å². The van der Waals surface area contributed by atoms with E-state index in [9.17, 15) is 5.11 Å². The van der Waals surface area contributed by atoms with Gasteiger partial charge < -0.3 is 19.6 Å². The van der Waals surface area contributed by atoms with Crippen molar-refractivity contribution in [2.45, 2.75) is 0 Å². The average Bonchev–Trinajstić information content (AvgIpc) is 2.89. The fourth-order valence-electron chi connectivity index (χ4n) is 2.12. The van der Waals surface area contributed by atoms with E-state index in [0.717, 1.165) is 22.3 Å². The number of benzene rings is 2. The Balaban J connectivity index is 2.14. The summed E-state index contributed by atoms with van der Waals surface area (Å²) in [6, 6.07) is 10.6. The summed E-state index contributed by atoms with van der Waals surface area (Å²) >= 11 is 0. The maximum Gasteiger partial charge on any atom is 0.142 e. The van der Waals surface area contributed by atoms with Crippen LogP contribution in [0.4, 0.5) is 0 Å². The normalized spacial score (nSPS) is 10.7. The standard InChI is InChI=1S/C15H14N2O3/c1-19-10-4-6-12-13(8-10)17-15(16-12)11-5-3-9(18)7-14(11)20-2/h3-8,18H,1-2H3,(H,16,17). The fourth-order valence-corrected chi connectivity index (χ4v) is 2.12. The van der Waals surface area contributed by atoms with Crippen LogP contribution in [0.5, 0.6) is 17.2 Å². The Morgan fingerprint density at radius 2 is 1.90 bits per heavy atom. The molecule has 2 aromatic carbocycles. The van der Waals surface area contributed by atoms with Crippen molar-refractivity contribution in [3.8, 4) is 28.6 Å². The Morgan fingerprint density at radius 1 is 1.05 bits per heavy atom. The number of aromatic nitrogens is 2. The van der Waals surface area contributed by atoms with E-state index in [4.69, 9.17) is 9.47 Å². The Bertz CT molecular complexity index is 765. The second-order valence-electron chi connectivity index (χ2n) is 4.35. The number of phenolic OH excluding ortho intramolecular Hbond substituents is 1. The van der Waals surface area contributed by atoms with Gasteiger partial charge in [-0.1, -0.05) is 0 Å². The molecule has 1 aromatic heterocycles. The van der Waals surface area contributed by atoms with Crippen LogP contribution in [0, 0.1) is 0 Å². The van der Waals surface area contributed by atoms with Crippen molar-refractivity contribution < 1.29 is 14.6 Å². The van der Waals surface area contributed by atoms with Crippen LogP contribution >= 0.6 is 0 Å². The molecular weight excluding hydrogens is 256 g/mol. The summed E-state index contributed by atoms with van der Waals surface area (Å²) in [5, 5.41) is 9.50. The number of methoxy groups -OCH3 is 2. The number of hydrogen-bond acceptors (Lipinski definition) is 4. The van der Waals surface area contributed by atoms with Crippen LogP contribution < -0.4 is 9.47 Å². The third-order valence-electron chi connectivity index (χ3n) is 3.13. The Kier molecular flexibility index (Phi) is 2.95. The van der Waals surface area contributed by atoms with Crippen molar-refractivity contribution in [2.24, 2.45) is 0 Å². The van der Waals surface area contributed by atoms with Gasteiger partial charge in [0.25, 0.3) is 0 Å². The zero-order valence-corrected chi connectivity index (χ0v) is 11.2. The molecule has 0 aliphatic rings. The highest BCUT2D eigenvalue weighted by Crippen LogP contribution is 2.32. The van der Waals surface area contributed by atoms with Gasteiger partial charge in [0.1, 0.15) is 23.1 Å². The molecule has 2 N–H and O–H groups in total. The molecule has 5 nitrogen and oxygen atoms in total. The summed E-state index contributed by atoms with van der Waals surface area (Å²) in [5.74, 6) is 2.16. The van der Waals surface area contributed by atoms with E-state index in [-0.39, 0.29) is 5.75 Å². The molecule has 1 heterocycles. The first-order chi connectivity index (χ1) is 9.71. The molecule has 0 aliphatic heterocycles. The molecule has 0 atom stereocenters. The van der Waals surface area contributed by atoms with Crippen LogP contribution in [-0.4, -0.2) is 29.3 Å². The minimum atomic E-state index is 0.156. The summed E-state index contributed by atoms with van der Waals surface area (Å²) in [5.41, 5.74) is 2.52. The molecule has 0 unspecified atom stereocenters. The molecular formula is C15H14N2O3. The zero-order valence-electron chi connectivity index (χ0n) is 11.2. The second kappa shape index (κ2) is 4.77. The van der Waals surface area contributed by atoms with Crippen LogP contribution in [0.15, 0.2) is 36.4 Å². The van der Waals surface area contributed by atoms with Crippen LogP contribution in [0.3, 0.4) is 0 Å². The molecule has 0 saturated heterocycles. The Labute approximate surface area is 115 Å². The Hall–Kier alpha value is -2.69. The molecule has 0 fully saturated rings. The van der Waals surface area contributed by atoms with Gasteiger partial charge in [-0.15, -0.1) is 0 Å². The van der Waals surface area contributed by atoms with E-state index < -0.39 is 0 Å². The fraction of sp³-hybridized carbons (Fsp3) is 0.133. The number of aromatic hydroxyl groups is 1. The van der Waals surface area contributed by atoms with Gasteiger partial charge >= 0.3 is 0 Å². The summed E-state index contributed by atoms with van der Waals surface area (Å²) in [6.45, 7) is 0. The molecule has 0 amide bonds. The number of aromatic amines is 1. The number of H-pyrrole nitrogens is 1. The van der Waals surface area contributed by atoms with Gasteiger partial charge in [0, 0.05) is 12.1 Å². The number of rotatable bonds is 3. The minimum absolute atomic E-state index is 0.156. The van der Waals surface area contributed by atoms with Crippen molar-refractivity contribution in [1.82, 2.24) is 9.97 Å². The first kappa shape index (κ1) is 12.3. The lowest BCUT2D eigenvalue weighted by Crippen LogP contribution is -1.88. The number of hydrogen-bond donors (Lipinski definition) is 2. The molecule has 102 valence electrons. The molecule has 0 radical (unpaired) electrons. The van der Waals surface area contributed by atoms with Gasteiger partial charge in [-0.3, -0.25) is 0 Å². The molecule has 0 aliphatic carbocycles. The van der Waals surface area contributed by atoms with Crippen molar-refractivity contribution in [2.75, 3.05) is 14.2 Å². The predicted molar refractivity (Wildman–Crippen MR) is 76.3 cm³/mol. The van der Waals surface area contributed by atoms with E-state index in [0.29, 0.717) is 11.6 Å². The Morgan fingerprint density at radius 3 is 2.65 bits per heavy atom. The highest BCUT2D eigenvalue weighted by molar-refractivity contribution is 5.82. The number of fused-ring (bicyclic) bond motifs is 1. The van der Waals surface area contributed by atoms with Crippen molar-refractivity contribution >= 4 is 11.0 Å². The van der Waals surface area contributed by atoms with E-state index in [1.807, 2.05) is 18.2 Å². The lowest BCUT2D eigenvalue weighted by atomic mass is 10.2. The summed E-state index contributed by atoms with van der Waals surface area (Å²) in [6.07, 6.45) is 0. The number of ether oxygens (including phenoxy) is 2. The van der Waals surface area contributed by atoms with Crippen molar-refractivity contribution in [1.29, 1.82) is 0 Å². The second-order valence-corrected chi connectivity index (χ2v) is 4.35. The first-order valence-corrected chi connectivity index (χ1v) is 6.12. The molecule has 3 rings (SSSR count). The van der Waals surface area contributed by atoms with E-state index in [2.05, 4.69) is 9.97 Å². The van der Waals surface area contributed by atoms with Gasteiger partial charge in [0.15, 0.2) is 0 Å². The lowest BCUT2D eigenvalue weighted by Gasteiger charge is -2.06. The SMILES string of the molecule is COc1ccc2[nH]c(-c3ccc(O)cc3OC)nc2c1. The molecule has 5 heteroatoms. The number of nitrogens with zero attached hydrogens (tertiary/aromatic N) is 1. The zero-order chi connectivity index (χ0) is 14.1. The van der Waals surface area contributed by atoms with Crippen molar-refractivity contribution in [3.63, 3.8) is 0 Å². The lowest BCUT2D eigenvalue weighted by molar-refractivity contribution is 0.409. The largest absolute Gasteiger partial charge is 0.508 e. The minimum Gasteiger partial charge on any atom is -0.508 e. The van der Waals surface area contributed by atoms with Gasteiger partial charge in [0.05, 0.1) is 30.8 Å². The maximum absolute atomic E-state index is 9.50. The van der Waals surface area contributed by atoms with E-state index >= 15 is 0 Å². The molecule has 0 spiro atoms. The third-order valence-corrected chi connectivity index (χ3v) is 3.13. The summed E-state index contributed by atoms with van der Waals surface area (Å²) in [4.78, 5) is 7.76. The summed E-state index contributed by atoms with van der Waals surface area (Å²) in [7, 11) is 3.18. The number of phenols is 1. The van der Waals surface area contributed by atoms with E-state index in [1.54, 1.807) is 32.4 Å². The van der Waals surface area contributed by atoms with Crippen LogP contribution in [0.2, 0.25) is 0 Å². The molecule has 0 saturated carbocycles. The predicted octanol–water partition coefficient (Wildman–Crippen LogP) is 2.95. The maximum atomic E-state index is 9.50. The number of imidazole rings is 1. The number of nitrogens with one attached hydrogen (secondary N) is 1. The summed E-state index contributed by atoms with van der Waals surface area (Å²) < 4.78 is 10.5. The van der Waals surface area contributed by atoms with Gasteiger partial charge in [0.2, 0.25) is 0 Å². The highest BCUT2D eigenvalue weighted by Gasteiger charge is 2.11. The van der Waals surface area contributed by atoms with Gasteiger partial charge in [-0.25, -0.2) is 4.98 Å². The average molecular weight is 270 g/mol. The quantitative estimate of drug-likeness (QED) is 0.767. The molecule has 3 aromatic rings. The van der Waals surface area contributed by atoms with Crippen LogP contribution in [0.1, 0.15) is 0 Å². The van der Waals surface area contributed by atoms with Crippen molar-refractivity contribution in [3.05, 3.63) is 36.4 Å².